The van der Waals surface area contributed by atoms with Crippen molar-refractivity contribution in [2.45, 2.75) is 30.7 Å². The number of hydrogen-bond donors (Lipinski definition) is 1. The second kappa shape index (κ2) is 7.25. The average Bonchev–Trinajstić information content (AvgIpc) is 2.64. The largest absolute Gasteiger partial charge is 0.384 e. The molecule has 94 valence electrons. The molecule has 1 fully saturated rings. The van der Waals surface area contributed by atoms with E-state index in [1.807, 2.05) is 0 Å². The van der Waals surface area contributed by atoms with Crippen LogP contribution in [-0.2, 0) is 14.3 Å². The molecule has 0 bridgehead atoms. The lowest BCUT2D eigenvalue weighted by Crippen LogP contribution is -2.38. The lowest BCUT2D eigenvalue weighted by molar-refractivity contribution is -0.131. The van der Waals surface area contributed by atoms with E-state index in [1.165, 1.54) is 0 Å². The SMILES string of the molecule is COCC(Br)CCNC(=O)C1OCCC1C. The predicted octanol–water partition coefficient (Wildman–Crippen LogP) is 1.33. The number of alkyl halides is 1. The maximum absolute atomic E-state index is 11.7. The molecule has 3 unspecified atom stereocenters. The van der Waals surface area contributed by atoms with E-state index in [2.05, 4.69) is 28.2 Å². The molecule has 0 radical (unpaired) electrons. The summed E-state index contributed by atoms with van der Waals surface area (Å²) in [5.41, 5.74) is 0. The molecule has 0 aromatic carbocycles. The van der Waals surface area contributed by atoms with E-state index >= 15 is 0 Å². The van der Waals surface area contributed by atoms with Crippen molar-refractivity contribution in [2.75, 3.05) is 26.9 Å². The Hall–Kier alpha value is -0.130. The summed E-state index contributed by atoms with van der Waals surface area (Å²) in [4.78, 5) is 12.0. The minimum Gasteiger partial charge on any atom is -0.384 e. The van der Waals surface area contributed by atoms with Gasteiger partial charge in [-0.05, 0) is 18.8 Å². The Labute approximate surface area is 105 Å². The molecule has 16 heavy (non-hydrogen) atoms. The second-order valence-electron chi connectivity index (χ2n) is 4.19. The van der Waals surface area contributed by atoms with Crippen molar-refractivity contribution in [3.05, 3.63) is 0 Å². The van der Waals surface area contributed by atoms with Crippen LogP contribution in [0.3, 0.4) is 0 Å². The molecular formula is C11H20BrNO3. The molecule has 4 nitrogen and oxygen atoms in total. The summed E-state index contributed by atoms with van der Waals surface area (Å²) < 4.78 is 10.4. The second-order valence-corrected chi connectivity index (χ2v) is 5.48. The highest BCUT2D eigenvalue weighted by Gasteiger charge is 2.30. The van der Waals surface area contributed by atoms with Crippen molar-refractivity contribution in [1.29, 1.82) is 0 Å². The highest BCUT2D eigenvalue weighted by atomic mass is 79.9. The summed E-state index contributed by atoms with van der Waals surface area (Å²) in [7, 11) is 1.67. The lowest BCUT2D eigenvalue weighted by Gasteiger charge is -2.15. The van der Waals surface area contributed by atoms with Gasteiger partial charge in [0.1, 0.15) is 6.10 Å². The number of methoxy groups -OCH3 is 1. The van der Waals surface area contributed by atoms with Crippen LogP contribution < -0.4 is 5.32 Å². The van der Waals surface area contributed by atoms with Gasteiger partial charge in [-0.3, -0.25) is 4.79 Å². The highest BCUT2D eigenvalue weighted by Crippen LogP contribution is 2.19. The smallest absolute Gasteiger partial charge is 0.249 e. The molecular weight excluding hydrogens is 274 g/mol. The van der Waals surface area contributed by atoms with Crippen molar-refractivity contribution in [3.8, 4) is 0 Å². The molecule has 0 aromatic rings. The Kier molecular flexibility index (Phi) is 6.31. The van der Waals surface area contributed by atoms with E-state index in [0.717, 1.165) is 12.8 Å². The predicted molar refractivity (Wildman–Crippen MR) is 65.7 cm³/mol. The van der Waals surface area contributed by atoms with Gasteiger partial charge in [-0.1, -0.05) is 22.9 Å². The number of amides is 1. The number of halogens is 1. The third-order valence-corrected chi connectivity index (χ3v) is 3.47. The molecule has 3 atom stereocenters. The number of ether oxygens (including phenoxy) is 2. The van der Waals surface area contributed by atoms with Gasteiger partial charge >= 0.3 is 0 Å². The van der Waals surface area contributed by atoms with Crippen molar-refractivity contribution >= 4 is 21.8 Å². The van der Waals surface area contributed by atoms with E-state index in [4.69, 9.17) is 9.47 Å². The zero-order valence-corrected chi connectivity index (χ0v) is 11.5. The van der Waals surface area contributed by atoms with E-state index in [-0.39, 0.29) is 12.0 Å². The Bertz CT molecular complexity index is 225. The molecule has 0 spiro atoms. The molecule has 1 amide bonds. The van der Waals surface area contributed by atoms with Crippen molar-refractivity contribution in [1.82, 2.24) is 5.32 Å². The third kappa shape index (κ3) is 4.39. The monoisotopic (exact) mass is 293 g/mol. The fourth-order valence-corrected chi connectivity index (χ4v) is 2.24. The number of nitrogens with one attached hydrogen (secondary N) is 1. The lowest BCUT2D eigenvalue weighted by atomic mass is 10.0. The standard InChI is InChI=1S/C11H20BrNO3/c1-8-4-6-16-10(8)11(14)13-5-3-9(12)7-15-2/h8-10H,3-7H2,1-2H3,(H,13,14). The zero-order chi connectivity index (χ0) is 12.0. The molecule has 1 aliphatic heterocycles. The number of rotatable bonds is 6. The molecule has 1 aliphatic rings. The van der Waals surface area contributed by atoms with Crippen LogP contribution in [0, 0.1) is 5.92 Å². The Balaban J connectivity index is 2.15. The van der Waals surface area contributed by atoms with Crippen LogP contribution in [0.2, 0.25) is 0 Å². The summed E-state index contributed by atoms with van der Waals surface area (Å²) in [5.74, 6) is 0.348. The first-order valence-electron chi connectivity index (χ1n) is 5.67. The average molecular weight is 294 g/mol. The van der Waals surface area contributed by atoms with Crippen LogP contribution in [0.1, 0.15) is 19.8 Å². The van der Waals surface area contributed by atoms with Crippen molar-refractivity contribution in [2.24, 2.45) is 5.92 Å². The topological polar surface area (TPSA) is 47.6 Å². The first-order valence-corrected chi connectivity index (χ1v) is 6.59. The van der Waals surface area contributed by atoms with Gasteiger partial charge in [0, 0.05) is 25.1 Å². The minimum absolute atomic E-state index is 0.0158. The van der Waals surface area contributed by atoms with Gasteiger partial charge in [-0.2, -0.15) is 0 Å². The Morgan fingerprint density at radius 3 is 3.00 bits per heavy atom. The van der Waals surface area contributed by atoms with Gasteiger partial charge in [0.25, 0.3) is 0 Å². The van der Waals surface area contributed by atoms with Gasteiger partial charge in [0.05, 0.1) is 6.61 Å². The molecule has 1 N–H and O–H groups in total. The zero-order valence-electron chi connectivity index (χ0n) is 9.87. The van der Waals surface area contributed by atoms with Gasteiger partial charge in [-0.25, -0.2) is 0 Å². The molecule has 1 rings (SSSR count). The quantitative estimate of drug-likeness (QED) is 0.752. The third-order valence-electron chi connectivity index (χ3n) is 2.75. The maximum atomic E-state index is 11.7. The van der Waals surface area contributed by atoms with E-state index in [0.29, 0.717) is 30.5 Å². The fraction of sp³-hybridized carbons (Fsp3) is 0.909. The summed E-state index contributed by atoms with van der Waals surface area (Å²) in [6.07, 6.45) is 1.58. The maximum Gasteiger partial charge on any atom is 0.249 e. The van der Waals surface area contributed by atoms with Gasteiger partial charge in [0.2, 0.25) is 5.91 Å². The minimum atomic E-state index is -0.254. The van der Waals surface area contributed by atoms with Crippen molar-refractivity contribution < 1.29 is 14.3 Å². The normalized spacial score (nSPS) is 26.7. The molecule has 1 saturated heterocycles. The molecule has 0 aromatic heterocycles. The first kappa shape index (κ1) is 13.9. The fourth-order valence-electron chi connectivity index (χ4n) is 1.75. The molecule has 1 heterocycles. The number of carbonyl (C=O) groups excluding carboxylic acids is 1. The van der Waals surface area contributed by atoms with Crippen LogP contribution in [-0.4, -0.2) is 43.7 Å². The summed E-state index contributed by atoms with van der Waals surface area (Å²) >= 11 is 3.48. The van der Waals surface area contributed by atoms with E-state index < -0.39 is 0 Å². The first-order chi connectivity index (χ1) is 7.65. The van der Waals surface area contributed by atoms with Crippen LogP contribution in [0.4, 0.5) is 0 Å². The van der Waals surface area contributed by atoms with E-state index in [1.54, 1.807) is 7.11 Å². The Morgan fingerprint density at radius 1 is 1.69 bits per heavy atom. The Morgan fingerprint density at radius 2 is 2.44 bits per heavy atom. The van der Waals surface area contributed by atoms with Crippen LogP contribution >= 0.6 is 15.9 Å². The van der Waals surface area contributed by atoms with Crippen LogP contribution in [0.5, 0.6) is 0 Å². The number of hydrogen-bond acceptors (Lipinski definition) is 3. The van der Waals surface area contributed by atoms with Gasteiger partial charge < -0.3 is 14.8 Å². The highest BCUT2D eigenvalue weighted by molar-refractivity contribution is 9.09. The molecule has 0 saturated carbocycles. The van der Waals surface area contributed by atoms with Gasteiger partial charge in [-0.15, -0.1) is 0 Å². The van der Waals surface area contributed by atoms with E-state index in [9.17, 15) is 4.79 Å². The van der Waals surface area contributed by atoms with Gasteiger partial charge in [0.15, 0.2) is 0 Å². The molecule has 5 heteroatoms. The van der Waals surface area contributed by atoms with Crippen molar-refractivity contribution in [3.63, 3.8) is 0 Å². The molecule has 0 aliphatic carbocycles. The van der Waals surface area contributed by atoms with Crippen LogP contribution in [0.15, 0.2) is 0 Å². The van der Waals surface area contributed by atoms with Crippen LogP contribution in [0.25, 0.3) is 0 Å². The number of carbonyl (C=O) groups is 1. The summed E-state index contributed by atoms with van der Waals surface area (Å²) in [6, 6.07) is 0. The summed E-state index contributed by atoms with van der Waals surface area (Å²) in [5, 5.41) is 2.89. The summed E-state index contributed by atoms with van der Waals surface area (Å²) in [6.45, 7) is 4.07.